The van der Waals surface area contributed by atoms with E-state index in [4.69, 9.17) is 0 Å². The lowest BCUT2D eigenvalue weighted by Crippen LogP contribution is -2.29. The van der Waals surface area contributed by atoms with Gasteiger partial charge in [-0.05, 0) is 67.8 Å². The molecule has 2 aromatic carbocycles. The van der Waals surface area contributed by atoms with Crippen LogP contribution in [-0.4, -0.2) is 31.0 Å². The highest BCUT2D eigenvalue weighted by Crippen LogP contribution is 2.23. The van der Waals surface area contributed by atoms with Gasteiger partial charge in [0.15, 0.2) is 0 Å². The molecule has 5 nitrogen and oxygen atoms in total. The van der Waals surface area contributed by atoms with Gasteiger partial charge in [0.25, 0.3) is 5.91 Å². The van der Waals surface area contributed by atoms with E-state index in [0.29, 0.717) is 5.56 Å². The molecular formula is C24H26N4O. The average molecular weight is 386 g/mol. The van der Waals surface area contributed by atoms with Crippen LogP contribution in [0.3, 0.4) is 0 Å². The fourth-order valence-corrected chi connectivity index (χ4v) is 3.61. The zero-order chi connectivity index (χ0) is 20.1. The summed E-state index contributed by atoms with van der Waals surface area (Å²) < 4.78 is 0. The molecule has 1 amide bonds. The second-order valence-corrected chi connectivity index (χ2v) is 7.35. The molecule has 1 aliphatic rings. The highest BCUT2D eigenvalue weighted by atomic mass is 16.2. The quantitative estimate of drug-likeness (QED) is 0.663. The van der Waals surface area contributed by atoms with Crippen molar-refractivity contribution >= 4 is 28.8 Å². The van der Waals surface area contributed by atoms with Crippen LogP contribution < -0.4 is 15.1 Å². The highest BCUT2D eigenvalue weighted by molar-refractivity contribution is 6.05. The lowest BCUT2D eigenvalue weighted by atomic mass is 10.1. The van der Waals surface area contributed by atoms with Crippen molar-refractivity contribution in [1.82, 2.24) is 4.98 Å². The molecule has 0 radical (unpaired) electrons. The fraction of sp³-hybridized carbons (Fsp3) is 0.250. The van der Waals surface area contributed by atoms with Gasteiger partial charge in [-0.3, -0.25) is 4.79 Å². The Bertz CT molecular complexity index is 933. The predicted molar refractivity (Wildman–Crippen MR) is 119 cm³/mol. The molecule has 1 N–H and O–H groups in total. The van der Waals surface area contributed by atoms with Gasteiger partial charge in [-0.15, -0.1) is 0 Å². The number of carbonyl (C=O) groups excluding carboxylic acids is 1. The zero-order valence-corrected chi connectivity index (χ0v) is 16.7. The Balaban J connectivity index is 1.39. The lowest BCUT2D eigenvalue weighted by Gasteiger charge is -2.28. The predicted octanol–water partition coefficient (Wildman–Crippen LogP) is 5.09. The molecule has 1 fully saturated rings. The molecule has 29 heavy (non-hydrogen) atoms. The molecule has 5 heteroatoms. The summed E-state index contributed by atoms with van der Waals surface area (Å²) in [5.74, 6) is 0.635. The molecule has 0 atom stereocenters. The van der Waals surface area contributed by atoms with Crippen LogP contribution in [0.1, 0.15) is 29.6 Å². The van der Waals surface area contributed by atoms with Crippen LogP contribution in [0.15, 0.2) is 72.9 Å². The topological polar surface area (TPSA) is 48.5 Å². The van der Waals surface area contributed by atoms with Crippen molar-refractivity contribution in [2.75, 3.05) is 35.3 Å². The number of amides is 1. The zero-order valence-electron chi connectivity index (χ0n) is 16.7. The van der Waals surface area contributed by atoms with Crippen LogP contribution in [0, 0.1) is 0 Å². The molecule has 2 heterocycles. The maximum Gasteiger partial charge on any atom is 0.259 e. The number of rotatable bonds is 5. The van der Waals surface area contributed by atoms with Gasteiger partial charge in [-0.25, -0.2) is 4.98 Å². The summed E-state index contributed by atoms with van der Waals surface area (Å²) in [5.41, 5.74) is 3.67. The molecule has 0 bridgehead atoms. The van der Waals surface area contributed by atoms with Gasteiger partial charge >= 0.3 is 0 Å². The van der Waals surface area contributed by atoms with Crippen LogP contribution in [0.4, 0.5) is 22.9 Å². The summed E-state index contributed by atoms with van der Waals surface area (Å²) >= 11 is 0. The molecule has 0 saturated carbocycles. The van der Waals surface area contributed by atoms with Gasteiger partial charge in [-0.1, -0.05) is 18.2 Å². The number of aromatic nitrogens is 1. The minimum absolute atomic E-state index is 0.0823. The van der Waals surface area contributed by atoms with Crippen LogP contribution in [0.25, 0.3) is 0 Å². The van der Waals surface area contributed by atoms with E-state index in [2.05, 4.69) is 39.5 Å². The van der Waals surface area contributed by atoms with Crippen molar-refractivity contribution in [3.05, 3.63) is 78.5 Å². The molecule has 4 rings (SSSR count). The number of nitrogens with zero attached hydrogens (tertiary/aromatic N) is 3. The van der Waals surface area contributed by atoms with Gasteiger partial charge in [0.05, 0.1) is 5.56 Å². The first kappa shape index (κ1) is 19.0. The van der Waals surface area contributed by atoms with Crippen molar-refractivity contribution in [3.8, 4) is 0 Å². The van der Waals surface area contributed by atoms with Crippen LogP contribution >= 0.6 is 0 Å². The van der Waals surface area contributed by atoms with Crippen molar-refractivity contribution in [2.45, 2.75) is 19.3 Å². The molecule has 148 valence electrons. The fourth-order valence-electron chi connectivity index (χ4n) is 3.61. The summed E-state index contributed by atoms with van der Waals surface area (Å²) in [6.07, 6.45) is 5.50. The first-order valence-corrected chi connectivity index (χ1v) is 10.1. The Hall–Kier alpha value is -3.34. The normalized spacial score (nSPS) is 13.8. The number of hydrogen-bond donors (Lipinski definition) is 1. The summed E-state index contributed by atoms with van der Waals surface area (Å²) in [5, 5.41) is 3.31. The second-order valence-electron chi connectivity index (χ2n) is 7.35. The summed E-state index contributed by atoms with van der Waals surface area (Å²) in [4.78, 5) is 21.1. The Morgan fingerprint density at radius 3 is 2.31 bits per heavy atom. The minimum atomic E-state index is -0.0823. The van der Waals surface area contributed by atoms with Crippen LogP contribution in [-0.2, 0) is 0 Å². The van der Waals surface area contributed by atoms with Gasteiger partial charge in [0, 0.05) is 43.4 Å². The third-order valence-electron chi connectivity index (χ3n) is 5.32. The molecule has 1 saturated heterocycles. The third-order valence-corrected chi connectivity index (χ3v) is 5.32. The van der Waals surface area contributed by atoms with Crippen LogP contribution in [0.2, 0.25) is 0 Å². The van der Waals surface area contributed by atoms with Gasteiger partial charge in [0.2, 0.25) is 0 Å². The third kappa shape index (κ3) is 4.57. The number of pyridine rings is 1. The van der Waals surface area contributed by atoms with E-state index in [1.54, 1.807) is 24.2 Å². The number of piperidine rings is 1. The summed E-state index contributed by atoms with van der Waals surface area (Å²) in [7, 11) is 1.77. The van der Waals surface area contributed by atoms with E-state index < -0.39 is 0 Å². The largest absolute Gasteiger partial charge is 0.372 e. The first-order chi connectivity index (χ1) is 14.2. The van der Waals surface area contributed by atoms with E-state index in [0.717, 1.165) is 30.3 Å². The maximum atomic E-state index is 12.7. The molecule has 3 aromatic rings. The molecule has 1 aromatic heterocycles. The Morgan fingerprint density at radius 2 is 1.66 bits per heavy atom. The van der Waals surface area contributed by atoms with E-state index in [9.17, 15) is 4.79 Å². The number of para-hydroxylation sites is 1. The molecule has 1 aliphatic heterocycles. The number of hydrogen-bond acceptors (Lipinski definition) is 4. The number of nitrogens with one attached hydrogen (secondary N) is 1. The number of anilines is 4. The Kier molecular flexibility index (Phi) is 5.75. The van der Waals surface area contributed by atoms with Crippen molar-refractivity contribution in [2.24, 2.45) is 0 Å². The van der Waals surface area contributed by atoms with Crippen LogP contribution in [0.5, 0.6) is 0 Å². The molecule has 0 aliphatic carbocycles. The lowest BCUT2D eigenvalue weighted by molar-refractivity contribution is 0.0992. The van der Waals surface area contributed by atoms with E-state index in [1.165, 1.54) is 24.9 Å². The smallest absolute Gasteiger partial charge is 0.259 e. The van der Waals surface area contributed by atoms with E-state index in [-0.39, 0.29) is 5.91 Å². The van der Waals surface area contributed by atoms with Crippen molar-refractivity contribution in [1.29, 1.82) is 0 Å². The molecular weight excluding hydrogens is 360 g/mol. The highest BCUT2D eigenvalue weighted by Gasteiger charge is 2.14. The Morgan fingerprint density at radius 1 is 0.931 bits per heavy atom. The van der Waals surface area contributed by atoms with Gasteiger partial charge in [-0.2, -0.15) is 0 Å². The molecule has 0 unspecified atom stereocenters. The number of carbonyl (C=O) groups is 1. The molecule has 0 spiro atoms. The standard InChI is InChI=1S/C24H26N4O/c1-27(21-8-4-2-5-9-21)24(29)19-10-15-23(25-18-19)26-20-11-13-22(14-12-20)28-16-6-3-7-17-28/h2,4-5,8-15,18H,3,6-7,16-17H2,1H3,(H,25,26). The Labute approximate surface area is 172 Å². The average Bonchev–Trinajstić information content (AvgIpc) is 2.80. The van der Waals surface area contributed by atoms with E-state index in [1.807, 2.05) is 36.4 Å². The monoisotopic (exact) mass is 386 g/mol. The van der Waals surface area contributed by atoms with E-state index >= 15 is 0 Å². The second kappa shape index (κ2) is 8.78. The summed E-state index contributed by atoms with van der Waals surface area (Å²) in [6, 6.07) is 21.7. The van der Waals surface area contributed by atoms with Gasteiger partial charge < -0.3 is 15.1 Å². The van der Waals surface area contributed by atoms with Gasteiger partial charge in [0.1, 0.15) is 5.82 Å². The SMILES string of the molecule is CN(C(=O)c1ccc(Nc2ccc(N3CCCCC3)cc2)nc1)c1ccccc1. The number of benzene rings is 2. The maximum absolute atomic E-state index is 12.7. The van der Waals surface area contributed by atoms with Crippen molar-refractivity contribution in [3.63, 3.8) is 0 Å². The summed E-state index contributed by atoms with van der Waals surface area (Å²) in [6.45, 7) is 2.28. The first-order valence-electron chi connectivity index (χ1n) is 10.1. The van der Waals surface area contributed by atoms with Crippen molar-refractivity contribution < 1.29 is 4.79 Å². The minimum Gasteiger partial charge on any atom is -0.372 e.